The Morgan fingerprint density at radius 3 is 2.97 bits per heavy atom. The molecule has 2 aliphatic rings. The van der Waals surface area contributed by atoms with Crippen molar-refractivity contribution in [1.82, 2.24) is 19.9 Å². The molecular formula is C21H27N7O2. The lowest BCUT2D eigenvalue weighted by Crippen LogP contribution is -2.42. The first-order chi connectivity index (χ1) is 14.6. The van der Waals surface area contributed by atoms with Crippen molar-refractivity contribution in [2.75, 3.05) is 42.3 Å². The van der Waals surface area contributed by atoms with E-state index in [-0.39, 0.29) is 13.9 Å². The molecule has 0 spiro atoms. The van der Waals surface area contributed by atoms with Crippen LogP contribution in [0.2, 0.25) is 0 Å². The average molecular weight is 409 g/mol. The van der Waals surface area contributed by atoms with Crippen LogP contribution in [0.15, 0.2) is 18.3 Å². The first-order valence-electron chi connectivity index (χ1n) is 10.3. The molecule has 30 heavy (non-hydrogen) atoms. The van der Waals surface area contributed by atoms with Gasteiger partial charge in [-0.2, -0.15) is 0 Å². The summed E-state index contributed by atoms with van der Waals surface area (Å²) in [7, 11) is 0. The summed E-state index contributed by atoms with van der Waals surface area (Å²) in [6.45, 7) is 4.49. The molecule has 158 valence electrons. The number of ether oxygens (including phenoxy) is 1. The molecule has 9 heteroatoms. The summed E-state index contributed by atoms with van der Waals surface area (Å²) in [4.78, 5) is 31.2. The molecule has 4 heterocycles. The highest BCUT2D eigenvalue weighted by molar-refractivity contribution is 6.01. The molecule has 1 aromatic carbocycles. The van der Waals surface area contributed by atoms with E-state index in [1.54, 1.807) is 11.1 Å². The van der Waals surface area contributed by atoms with Crippen LogP contribution in [0.4, 0.5) is 17.6 Å². The Bertz CT molecular complexity index is 1110. The Hall–Kier alpha value is -3.20. The van der Waals surface area contributed by atoms with Gasteiger partial charge in [0.15, 0.2) is 17.6 Å². The third-order valence-corrected chi connectivity index (χ3v) is 5.91. The second-order valence-electron chi connectivity index (χ2n) is 7.98. The van der Waals surface area contributed by atoms with E-state index in [1.807, 2.05) is 19.1 Å². The van der Waals surface area contributed by atoms with Crippen molar-refractivity contribution in [1.29, 1.82) is 0 Å². The van der Waals surface area contributed by atoms with Crippen LogP contribution < -0.4 is 16.0 Å². The molecule has 0 radical (unpaired) electrons. The lowest BCUT2D eigenvalue weighted by molar-refractivity contribution is -0.117. The number of aromatic nitrogens is 4. The van der Waals surface area contributed by atoms with Gasteiger partial charge in [-0.25, -0.2) is 15.0 Å². The van der Waals surface area contributed by atoms with Crippen LogP contribution in [0.5, 0.6) is 0 Å². The molecule has 0 bridgehead atoms. The number of nitrogen functional groups attached to an aromatic ring is 1. The summed E-state index contributed by atoms with van der Waals surface area (Å²) in [6.07, 6.45) is 4.77. The maximum Gasteiger partial charge on any atom is 0.247 e. The minimum absolute atomic E-state index is 0. The van der Waals surface area contributed by atoms with Gasteiger partial charge in [0.2, 0.25) is 5.91 Å². The van der Waals surface area contributed by atoms with Gasteiger partial charge in [0.25, 0.3) is 0 Å². The van der Waals surface area contributed by atoms with Crippen LogP contribution in [0.1, 0.15) is 26.3 Å². The lowest BCUT2D eigenvalue weighted by atomic mass is 9.96. The first-order valence-corrected chi connectivity index (χ1v) is 10.3. The average Bonchev–Trinajstić information content (AvgIpc) is 3.14. The topological polar surface area (TPSA) is 122 Å². The van der Waals surface area contributed by atoms with Crippen LogP contribution in [0.3, 0.4) is 0 Å². The van der Waals surface area contributed by atoms with Gasteiger partial charge in [-0.1, -0.05) is 0 Å². The molecule has 1 fully saturated rings. The molecule has 2 aromatic heterocycles. The van der Waals surface area contributed by atoms with Crippen molar-refractivity contribution in [3.63, 3.8) is 0 Å². The van der Waals surface area contributed by atoms with Gasteiger partial charge in [0.05, 0.1) is 29.5 Å². The number of nitrogens with one attached hydrogen (secondary N) is 2. The number of aryl methyl sites for hydroxylation is 1. The van der Waals surface area contributed by atoms with Gasteiger partial charge in [0, 0.05) is 26.7 Å². The smallest absolute Gasteiger partial charge is 0.247 e. The number of carbonyl (C=O) groups is 1. The van der Waals surface area contributed by atoms with Crippen molar-refractivity contribution in [2.24, 2.45) is 5.92 Å². The Morgan fingerprint density at radius 2 is 2.13 bits per heavy atom. The van der Waals surface area contributed by atoms with Crippen molar-refractivity contribution in [3.05, 3.63) is 23.9 Å². The molecule has 1 amide bonds. The molecule has 4 N–H and O–H groups in total. The van der Waals surface area contributed by atoms with Crippen LogP contribution in [0, 0.1) is 12.8 Å². The molecular weight excluding hydrogens is 382 g/mol. The van der Waals surface area contributed by atoms with E-state index in [2.05, 4.69) is 20.3 Å². The quantitative estimate of drug-likeness (QED) is 0.605. The number of aromatic amines is 1. The summed E-state index contributed by atoms with van der Waals surface area (Å²) in [6, 6.07) is 3.98. The predicted molar refractivity (Wildman–Crippen MR) is 117 cm³/mol. The van der Waals surface area contributed by atoms with E-state index in [4.69, 9.17) is 15.5 Å². The predicted octanol–water partition coefficient (Wildman–Crippen LogP) is 2.73. The summed E-state index contributed by atoms with van der Waals surface area (Å²) >= 11 is 0. The molecule has 2 aliphatic heterocycles. The SMILES string of the molecule is Cc1cc(-c2cnc3c(n2)N(CCC2CCOCC2)C(=O)CN3)cc2[nH]c(N)nc12.[HH]. The first kappa shape index (κ1) is 18.8. The summed E-state index contributed by atoms with van der Waals surface area (Å²) in [5.74, 6) is 2.23. The number of H-pyrrole nitrogens is 1. The standard InChI is InChI=1S/C21H25N7O2.H2/c1-12-8-14(9-15-18(12)27-21(22)26-15)16-10-23-19-20(25-16)28(17(29)11-24-19)5-2-13-3-6-30-7-4-13;/h8-10,13H,2-7,11H2,1H3,(H,23,24)(H3,22,26,27);1H. The van der Waals surface area contributed by atoms with Gasteiger partial charge in [0.1, 0.15) is 0 Å². The minimum Gasteiger partial charge on any atom is -0.381 e. The van der Waals surface area contributed by atoms with E-state index in [9.17, 15) is 4.79 Å². The summed E-state index contributed by atoms with van der Waals surface area (Å²) < 4.78 is 5.45. The Morgan fingerprint density at radius 1 is 1.30 bits per heavy atom. The van der Waals surface area contributed by atoms with Crippen LogP contribution >= 0.6 is 0 Å². The number of rotatable bonds is 4. The molecule has 0 aliphatic carbocycles. The Labute approximate surface area is 175 Å². The highest BCUT2D eigenvalue weighted by atomic mass is 16.5. The number of fused-ring (bicyclic) bond motifs is 2. The van der Waals surface area contributed by atoms with Gasteiger partial charge in [-0.3, -0.25) is 9.69 Å². The van der Waals surface area contributed by atoms with Gasteiger partial charge >= 0.3 is 0 Å². The molecule has 5 rings (SSSR count). The van der Waals surface area contributed by atoms with Crippen molar-refractivity contribution in [3.8, 4) is 11.3 Å². The van der Waals surface area contributed by atoms with Crippen LogP contribution in [-0.4, -0.2) is 52.1 Å². The van der Waals surface area contributed by atoms with E-state index < -0.39 is 0 Å². The Balaban J connectivity index is 0.00000231. The number of nitrogens with two attached hydrogens (primary N) is 1. The second kappa shape index (κ2) is 7.56. The van der Waals surface area contributed by atoms with Crippen molar-refractivity contribution in [2.45, 2.75) is 26.2 Å². The molecule has 1 saturated heterocycles. The maximum atomic E-state index is 12.7. The van der Waals surface area contributed by atoms with Crippen molar-refractivity contribution < 1.29 is 11.0 Å². The number of hydrogen-bond acceptors (Lipinski definition) is 7. The zero-order valence-corrected chi connectivity index (χ0v) is 16.9. The van der Waals surface area contributed by atoms with Gasteiger partial charge in [-0.05, 0) is 49.8 Å². The third-order valence-electron chi connectivity index (χ3n) is 5.91. The Kier molecular flexibility index (Phi) is 4.74. The zero-order chi connectivity index (χ0) is 20.7. The van der Waals surface area contributed by atoms with Crippen molar-refractivity contribution >= 4 is 34.5 Å². The summed E-state index contributed by atoms with van der Waals surface area (Å²) in [5.41, 5.74) is 10.1. The lowest BCUT2D eigenvalue weighted by Gasteiger charge is -2.30. The van der Waals surface area contributed by atoms with E-state index >= 15 is 0 Å². The number of nitrogens with zero attached hydrogens (tertiary/aromatic N) is 4. The second-order valence-corrected chi connectivity index (χ2v) is 7.98. The summed E-state index contributed by atoms with van der Waals surface area (Å²) in [5, 5.41) is 3.09. The van der Waals surface area contributed by atoms with E-state index in [0.29, 0.717) is 35.7 Å². The van der Waals surface area contributed by atoms with E-state index in [0.717, 1.165) is 54.6 Å². The fraction of sp³-hybridized carbons (Fsp3) is 0.429. The normalized spacial score (nSPS) is 17.2. The number of carbonyl (C=O) groups excluding carboxylic acids is 1. The van der Waals surface area contributed by atoms with Gasteiger partial charge in [-0.15, -0.1) is 0 Å². The highest BCUT2D eigenvalue weighted by Gasteiger charge is 2.28. The molecule has 0 unspecified atom stereocenters. The number of imidazole rings is 1. The highest BCUT2D eigenvalue weighted by Crippen LogP contribution is 2.31. The maximum absolute atomic E-state index is 12.7. The molecule has 0 atom stereocenters. The number of amides is 1. The molecule has 3 aromatic rings. The number of hydrogen-bond donors (Lipinski definition) is 3. The minimum atomic E-state index is 0. The van der Waals surface area contributed by atoms with E-state index in [1.165, 1.54) is 0 Å². The fourth-order valence-corrected chi connectivity index (χ4v) is 4.24. The third kappa shape index (κ3) is 3.45. The fourth-order valence-electron chi connectivity index (χ4n) is 4.24. The zero-order valence-electron chi connectivity index (χ0n) is 16.9. The van der Waals surface area contributed by atoms with Crippen LogP contribution in [-0.2, 0) is 9.53 Å². The molecule has 9 nitrogen and oxygen atoms in total. The number of benzene rings is 1. The largest absolute Gasteiger partial charge is 0.381 e. The van der Waals surface area contributed by atoms with Gasteiger partial charge < -0.3 is 20.8 Å². The monoisotopic (exact) mass is 409 g/mol. The molecule has 0 saturated carbocycles. The van der Waals surface area contributed by atoms with Crippen LogP contribution in [0.25, 0.3) is 22.3 Å². The number of anilines is 3.